The van der Waals surface area contributed by atoms with Gasteiger partial charge in [0.25, 0.3) is 0 Å². The maximum Gasteiger partial charge on any atom is 0.119 e. The van der Waals surface area contributed by atoms with Gasteiger partial charge < -0.3 is 14.6 Å². The molecule has 0 aliphatic heterocycles. The summed E-state index contributed by atoms with van der Waals surface area (Å²) in [5.74, 6) is 2.39. The first kappa shape index (κ1) is 19.4. The summed E-state index contributed by atoms with van der Waals surface area (Å²) in [4.78, 5) is 2.11. The van der Waals surface area contributed by atoms with Crippen molar-refractivity contribution in [2.45, 2.75) is 39.3 Å². The van der Waals surface area contributed by atoms with Crippen LogP contribution in [-0.4, -0.2) is 50.0 Å². The molecule has 0 unspecified atom stereocenters. The molecule has 2 bridgehead atoms. The van der Waals surface area contributed by atoms with Crippen molar-refractivity contribution in [3.63, 3.8) is 0 Å². The molecule has 0 spiro atoms. The highest BCUT2D eigenvalue weighted by atomic mass is 16.5. The van der Waals surface area contributed by atoms with Crippen LogP contribution >= 0.6 is 0 Å². The van der Waals surface area contributed by atoms with Gasteiger partial charge in [0.05, 0.1) is 26.4 Å². The second-order valence-electron chi connectivity index (χ2n) is 8.54. The fourth-order valence-corrected chi connectivity index (χ4v) is 4.51. The average Bonchev–Trinajstić information content (AvgIpc) is 2.61. The van der Waals surface area contributed by atoms with Crippen LogP contribution in [0.3, 0.4) is 0 Å². The van der Waals surface area contributed by atoms with Gasteiger partial charge in [-0.3, -0.25) is 4.90 Å². The van der Waals surface area contributed by atoms with Gasteiger partial charge in [0.15, 0.2) is 0 Å². The first-order chi connectivity index (χ1) is 12.4. The lowest BCUT2D eigenvalue weighted by Gasteiger charge is -2.56. The molecule has 1 aromatic rings. The first-order valence-corrected chi connectivity index (χ1v) is 9.66. The zero-order chi connectivity index (χ0) is 18.7. The second kappa shape index (κ2) is 8.12. The predicted molar refractivity (Wildman–Crippen MR) is 104 cm³/mol. The first-order valence-electron chi connectivity index (χ1n) is 9.66. The van der Waals surface area contributed by atoms with Crippen molar-refractivity contribution >= 4 is 0 Å². The van der Waals surface area contributed by atoms with E-state index in [1.54, 1.807) is 7.11 Å². The molecule has 0 aromatic heterocycles. The molecule has 26 heavy (non-hydrogen) atoms. The SMILES string of the molecule is COc1cccc(CN(C)C[C@H](O)COCC2=CC[C@@H]3C[C@@H]2C3(C)C)c1. The number of aliphatic hydroxyl groups is 1. The van der Waals surface area contributed by atoms with Crippen LogP contribution in [0.15, 0.2) is 35.9 Å². The molecule has 3 atom stereocenters. The van der Waals surface area contributed by atoms with Crippen LogP contribution in [0.2, 0.25) is 0 Å². The number of methoxy groups -OCH3 is 1. The molecule has 1 aromatic carbocycles. The highest BCUT2D eigenvalue weighted by molar-refractivity contribution is 5.28. The minimum Gasteiger partial charge on any atom is -0.497 e. The summed E-state index contributed by atoms with van der Waals surface area (Å²) >= 11 is 0. The predicted octanol–water partition coefficient (Wildman–Crippen LogP) is 3.50. The quantitative estimate of drug-likeness (QED) is 0.685. The second-order valence-corrected chi connectivity index (χ2v) is 8.54. The van der Waals surface area contributed by atoms with Crippen molar-refractivity contribution in [2.75, 3.05) is 33.9 Å². The molecule has 1 fully saturated rings. The van der Waals surface area contributed by atoms with Gasteiger partial charge >= 0.3 is 0 Å². The standard InChI is InChI=1S/C22H33NO3/c1-22(2)18-9-8-17(21(22)11-18)14-26-15-19(24)13-23(3)12-16-6-5-7-20(10-16)25-4/h5-8,10,18-19,21,24H,9,11-15H2,1-4H3/t18-,19+,21+/m1/s1. The highest BCUT2D eigenvalue weighted by Crippen LogP contribution is 2.59. The summed E-state index contributed by atoms with van der Waals surface area (Å²) in [5.41, 5.74) is 3.05. The molecule has 3 aliphatic rings. The third-order valence-electron chi connectivity index (χ3n) is 6.27. The van der Waals surface area contributed by atoms with Gasteiger partial charge in [0.1, 0.15) is 5.75 Å². The van der Waals surface area contributed by atoms with Crippen LogP contribution in [0.1, 0.15) is 32.3 Å². The minimum absolute atomic E-state index is 0.385. The average molecular weight is 360 g/mol. The number of hydrogen-bond acceptors (Lipinski definition) is 4. The Balaban J connectivity index is 1.38. The number of ether oxygens (including phenoxy) is 2. The smallest absolute Gasteiger partial charge is 0.119 e. The lowest BCUT2D eigenvalue weighted by atomic mass is 9.49. The van der Waals surface area contributed by atoms with E-state index in [2.05, 4.69) is 30.9 Å². The molecule has 4 nitrogen and oxygen atoms in total. The van der Waals surface area contributed by atoms with E-state index in [1.165, 1.54) is 24.0 Å². The third kappa shape index (κ3) is 4.30. The van der Waals surface area contributed by atoms with Gasteiger partial charge in [-0.1, -0.05) is 32.1 Å². The van der Waals surface area contributed by atoms with Gasteiger partial charge in [0, 0.05) is 13.1 Å². The molecule has 4 heteroatoms. The normalized spacial score (nSPS) is 24.8. The Labute approximate surface area is 157 Å². The molecular weight excluding hydrogens is 326 g/mol. The van der Waals surface area contributed by atoms with E-state index in [9.17, 15) is 5.11 Å². The maximum atomic E-state index is 10.3. The topological polar surface area (TPSA) is 41.9 Å². The van der Waals surface area contributed by atoms with Crippen molar-refractivity contribution in [2.24, 2.45) is 17.3 Å². The van der Waals surface area contributed by atoms with Crippen LogP contribution in [0.5, 0.6) is 5.75 Å². The van der Waals surface area contributed by atoms with Gasteiger partial charge in [-0.25, -0.2) is 0 Å². The molecule has 0 saturated heterocycles. The van der Waals surface area contributed by atoms with Crippen molar-refractivity contribution in [3.05, 3.63) is 41.5 Å². The number of nitrogens with zero attached hydrogens (tertiary/aromatic N) is 1. The maximum absolute atomic E-state index is 10.3. The summed E-state index contributed by atoms with van der Waals surface area (Å²) in [6.45, 7) is 7.17. The fourth-order valence-electron chi connectivity index (χ4n) is 4.51. The molecule has 144 valence electrons. The summed E-state index contributed by atoms with van der Waals surface area (Å²) in [6.07, 6.45) is 4.39. The molecule has 3 aliphatic carbocycles. The number of benzene rings is 1. The Morgan fingerprint density at radius 3 is 2.85 bits per heavy atom. The molecule has 4 rings (SSSR count). The molecule has 0 radical (unpaired) electrons. The van der Waals surface area contributed by atoms with Crippen molar-refractivity contribution < 1.29 is 14.6 Å². The number of rotatable bonds is 9. The Morgan fingerprint density at radius 1 is 1.35 bits per heavy atom. The lowest BCUT2D eigenvalue weighted by molar-refractivity contribution is -0.0257. The summed E-state index contributed by atoms with van der Waals surface area (Å²) in [7, 11) is 3.69. The molecule has 0 amide bonds. The Kier molecular flexibility index (Phi) is 6.06. The summed E-state index contributed by atoms with van der Waals surface area (Å²) in [5, 5.41) is 10.3. The minimum atomic E-state index is -0.475. The van der Waals surface area contributed by atoms with E-state index >= 15 is 0 Å². The van der Waals surface area contributed by atoms with E-state index < -0.39 is 6.10 Å². The molecule has 1 N–H and O–H groups in total. The summed E-state index contributed by atoms with van der Waals surface area (Å²) < 4.78 is 11.1. The lowest BCUT2D eigenvalue weighted by Crippen LogP contribution is -2.48. The largest absolute Gasteiger partial charge is 0.497 e. The zero-order valence-electron chi connectivity index (χ0n) is 16.6. The van der Waals surface area contributed by atoms with Gasteiger partial charge in [-0.2, -0.15) is 0 Å². The van der Waals surface area contributed by atoms with Crippen LogP contribution in [0.25, 0.3) is 0 Å². The van der Waals surface area contributed by atoms with E-state index in [1.807, 2.05) is 25.2 Å². The van der Waals surface area contributed by atoms with Crippen molar-refractivity contribution in [1.29, 1.82) is 0 Å². The van der Waals surface area contributed by atoms with Gasteiger partial charge in [-0.05, 0) is 60.4 Å². The van der Waals surface area contributed by atoms with Gasteiger partial charge in [0.2, 0.25) is 0 Å². The molecule has 0 heterocycles. The number of hydrogen-bond donors (Lipinski definition) is 1. The molecule has 1 saturated carbocycles. The van der Waals surface area contributed by atoms with Crippen LogP contribution in [0, 0.1) is 17.3 Å². The van der Waals surface area contributed by atoms with E-state index in [0.717, 1.165) is 18.2 Å². The van der Waals surface area contributed by atoms with Crippen LogP contribution < -0.4 is 4.74 Å². The molecular formula is C22H33NO3. The zero-order valence-corrected chi connectivity index (χ0v) is 16.6. The van der Waals surface area contributed by atoms with Crippen LogP contribution in [0.4, 0.5) is 0 Å². The number of fused-ring (bicyclic) bond motifs is 1. The van der Waals surface area contributed by atoms with E-state index in [4.69, 9.17) is 9.47 Å². The highest BCUT2D eigenvalue weighted by Gasteiger charge is 2.50. The van der Waals surface area contributed by atoms with E-state index in [0.29, 0.717) is 31.1 Å². The number of aliphatic hydroxyl groups excluding tert-OH is 1. The number of likely N-dealkylation sites (N-methyl/N-ethyl adjacent to an activating group) is 1. The third-order valence-corrected chi connectivity index (χ3v) is 6.27. The van der Waals surface area contributed by atoms with Crippen LogP contribution in [-0.2, 0) is 11.3 Å². The van der Waals surface area contributed by atoms with E-state index in [-0.39, 0.29) is 0 Å². The van der Waals surface area contributed by atoms with Crippen molar-refractivity contribution in [3.8, 4) is 5.75 Å². The van der Waals surface area contributed by atoms with Gasteiger partial charge in [-0.15, -0.1) is 0 Å². The fraction of sp³-hybridized carbons (Fsp3) is 0.636. The Morgan fingerprint density at radius 2 is 2.15 bits per heavy atom. The summed E-state index contributed by atoms with van der Waals surface area (Å²) in [6, 6.07) is 8.04. The monoisotopic (exact) mass is 359 g/mol. The Bertz CT molecular complexity index is 640. The number of allylic oxidation sites excluding steroid dienone is 1. The Hall–Kier alpha value is -1.36. The van der Waals surface area contributed by atoms with Crippen molar-refractivity contribution in [1.82, 2.24) is 4.90 Å².